The number of rotatable bonds is 43. The molecule has 0 aliphatic carbocycles. The van der Waals surface area contributed by atoms with Gasteiger partial charge in [-0.05, 0) is 135 Å². The van der Waals surface area contributed by atoms with E-state index in [1.54, 1.807) is 0 Å². The summed E-state index contributed by atoms with van der Waals surface area (Å²) >= 11 is 0. The minimum atomic E-state index is -0.846. The van der Waals surface area contributed by atoms with E-state index < -0.39 is 12.1 Å². The average Bonchev–Trinajstić information content (AvgIpc) is 3.30. The average molecular weight is 895 g/mol. The lowest BCUT2D eigenvalue weighted by Crippen LogP contribution is -2.30. The van der Waals surface area contributed by atoms with E-state index in [1.807, 2.05) is 0 Å². The zero-order valence-corrected chi connectivity index (χ0v) is 41.2. The molecule has 0 bridgehead atoms. The SMILES string of the molecule is CC/C=C\C/C=C\C/C=C\C/C=C\C/C=C\CCCC(=O)O[C@H](COC(=O)CCCC/C=C\C/C=C\C/C=C\C/C=C\CC)COC(=O)CCCC/C=C\C/C=C\C/C=C\CCCCC. The molecule has 0 unspecified atom stereocenters. The van der Waals surface area contributed by atoms with Crippen LogP contribution >= 0.6 is 0 Å². The van der Waals surface area contributed by atoms with Crippen molar-refractivity contribution in [1.29, 1.82) is 0 Å². The number of ether oxygens (including phenoxy) is 3. The molecule has 0 fully saturated rings. The molecule has 6 heteroatoms. The van der Waals surface area contributed by atoms with Gasteiger partial charge in [-0.15, -0.1) is 0 Å². The molecule has 0 aromatic heterocycles. The first-order chi connectivity index (χ1) is 32.0. The molecule has 362 valence electrons. The summed E-state index contributed by atoms with van der Waals surface area (Å²) in [5.41, 5.74) is 0. The zero-order chi connectivity index (χ0) is 47.2. The predicted molar refractivity (Wildman–Crippen MR) is 279 cm³/mol. The van der Waals surface area contributed by atoms with Crippen molar-refractivity contribution in [1.82, 2.24) is 0 Å². The molecule has 0 saturated carbocycles. The van der Waals surface area contributed by atoms with Crippen LogP contribution in [0.2, 0.25) is 0 Å². The minimum Gasteiger partial charge on any atom is -0.462 e. The van der Waals surface area contributed by atoms with Crippen LogP contribution in [0.5, 0.6) is 0 Å². The summed E-state index contributed by atoms with van der Waals surface area (Å²) in [6, 6.07) is 0. The highest BCUT2D eigenvalue weighted by atomic mass is 16.6. The summed E-state index contributed by atoms with van der Waals surface area (Å²) in [4.78, 5) is 37.9. The Hall–Kier alpha value is -4.71. The first-order valence-electron chi connectivity index (χ1n) is 25.3. The van der Waals surface area contributed by atoms with Gasteiger partial charge in [0.15, 0.2) is 6.10 Å². The summed E-state index contributed by atoms with van der Waals surface area (Å²) in [6.45, 7) is 6.23. The topological polar surface area (TPSA) is 78.9 Å². The van der Waals surface area contributed by atoms with Gasteiger partial charge in [0.25, 0.3) is 0 Å². The normalized spacial score (nSPS) is 13.3. The van der Waals surface area contributed by atoms with Gasteiger partial charge in [-0.3, -0.25) is 14.4 Å². The quantitative estimate of drug-likeness (QED) is 0.0263. The van der Waals surface area contributed by atoms with Crippen molar-refractivity contribution in [3.63, 3.8) is 0 Å². The van der Waals surface area contributed by atoms with E-state index in [4.69, 9.17) is 14.2 Å². The molecule has 0 heterocycles. The largest absolute Gasteiger partial charge is 0.462 e. The number of carbonyl (C=O) groups is 3. The van der Waals surface area contributed by atoms with Gasteiger partial charge < -0.3 is 14.2 Å². The third-order valence-electron chi connectivity index (χ3n) is 9.81. The van der Waals surface area contributed by atoms with Crippen LogP contribution in [0.25, 0.3) is 0 Å². The second-order valence-corrected chi connectivity index (χ2v) is 16.0. The van der Waals surface area contributed by atoms with Gasteiger partial charge >= 0.3 is 17.9 Å². The van der Waals surface area contributed by atoms with E-state index in [1.165, 1.54) is 25.7 Å². The Morgan fingerprint density at radius 3 is 0.923 bits per heavy atom. The fraction of sp³-hybridized carbons (Fsp3) is 0.542. The van der Waals surface area contributed by atoms with Crippen molar-refractivity contribution >= 4 is 17.9 Å². The number of allylic oxidation sites excluding steroid dienone is 24. The number of hydrogen-bond acceptors (Lipinski definition) is 6. The monoisotopic (exact) mass is 895 g/mol. The van der Waals surface area contributed by atoms with E-state index in [-0.39, 0.29) is 44.4 Å². The maximum atomic E-state index is 12.8. The smallest absolute Gasteiger partial charge is 0.306 e. The first-order valence-corrected chi connectivity index (χ1v) is 25.3. The zero-order valence-electron chi connectivity index (χ0n) is 41.2. The number of carbonyl (C=O) groups excluding carboxylic acids is 3. The highest BCUT2D eigenvalue weighted by molar-refractivity contribution is 5.71. The molecular formula is C59H90O6. The fourth-order valence-electron chi connectivity index (χ4n) is 6.06. The van der Waals surface area contributed by atoms with E-state index >= 15 is 0 Å². The molecule has 0 aliphatic rings. The third-order valence-corrected chi connectivity index (χ3v) is 9.81. The maximum absolute atomic E-state index is 12.8. The molecule has 0 radical (unpaired) electrons. The Bertz CT molecular complexity index is 1490. The van der Waals surface area contributed by atoms with Crippen LogP contribution in [-0.4, -0.2) is 37.2 Å². The van der Waals surface area contributed by atoms with Crippen molar-refractivity contribution < 1.29 is 28.6 Å². The van der Waals surface area contributed by atoms with E-state index in [9.17, 15) is 14.4 Å². The Morgan fingerprint density at radius 2 is 0.600 bits per heavy atom. The van der Waals surface area contributed by atoms with Crippen LogP contribution in [0.3, 0.4) is 0 Å². The number of esters is 3. The molecule has 0 spiro atoms. The third kappa shape index (κ3) is 50.2. The molecule has 0 aromatic rings. The second-order valence-electron chi connectivity index (χ2n) is 16.0. The van der Waals surface area contributed by atoms with Crippen molar-refractivity contribution in [3.8, 4) is 0 Å². The molecule has 0 rings (SSSR count). The van der Waals surface area contributed by atoms with Crippen LogP contribution in [0.1, 0.15) is 188 Å². The fourth-order valence-corrected chi connectivity index (χ4v) is 6.06. The molecule has 6 nitrogen and oxygen atoms in total. The van der Waals surface area contributed by atoms with E-state index in [0.29, 0.717) is 19.3 Å². The van der Waals surface area contributed by atoms with Gasteiger partial charge in [0.2, 0.25) is 0 Å². The highest BCUT2D eigenvalue weighted by Crippen LogP contribution is 2.09. The molecular weight excluding hydrogens is 805 g/mol. The molecule has 0 aromatic carbocycles. The molecule has 0 amide bonds. The van der Waals surface area contributed by atoms with Gasteiger partial charge in [0.05, 0.1) is 0 Å². The minimum absolute atomic E-state index is 0.140. The van der Waals surface area contributed by atoms with Crippen LogP contribution < -0.4 is 0 Å². The Labute approximate surface area is 397 Å². The van der Waals surface area contributed by atoms with Crippen molar-refractivity contribution in [3.05, 3.63) is 146 Å². The van der Waals surface area contributed by atoms with Gasteiger partial charge in [-0.25, -0.2) is 0 Å². The standard InChI is InChI=1S/C59H90O6/c1-4-7-10-13-16-19-22-25-28-29-32-35-38-41-44-47-50-53-59(62)65-56(54-63-57(60)51-48-45-42-39-36-33-30-26-23-20-17-14-11-8-5-2)55-64-58(61)52-49-46-43-40-37-34-31-27-24-21-18-15-12-9-6-3/h7-8,10-11,16-21,25-28,30-32,35-37,39-41,44,56H,4-6,9,12-15,22-24,29,33-34,38,42-43,45-55H2,1-3H3/b10-7-,11-8-,19-16-,20-17-,21-18-,28-25-,30-26-,31-27-,35-32-,39-36-,40-37-,44-41-/t56-/m1/s1. The summed E-state index contributed by atoms with van der Waals surface area (Å²) < 4.78 is 16.7. The van der Waals surface area contributed by atoms with Crippen molar-refractivity contribution in [2.24, 2.45) is 0 Å². The highest BCUT2D eigenvalue weighted by Gasteiger charge is 2.19. The number of unbranched alkanes of at least 4 members (excludes halogenated alkanes) is 8. The molecule has 65 heavy (non-hydrogen) atoms. The maximum Gasteiger partial charge on any atom is 0.306 e. The lowest BCUT2D eigenvalue weighted by Gasteiger charge is -2.18. The Balaban J connectivity index is 4.65. The lowest BCUT2D eigenvalue weighted by atomic mass is 10.1. The first kappa shape index (κ1) is 60.3. The molecule has 0 saturated heterocycles. The Morgan fingerprint density at radius 1 is 0.323 bits per heavy atom. The van der Waals surface area contributed by atoms with Crippen LogP contribution in [0.15, 0.2) is 146 Å². The Kier molecular flexibility index (Phi) is 48.2. The van der Waals surface area contributed by atoms with Gasteiger partial charge in [-0.2, -0.15) is 0 Å². The second kappa shape index (κ2) is 51.9. The van der Waals surface area contributed by atoms with Crippen LogP contribution in [-0.2, 0) is 28.6 Å². The van der Waals surface area contributed by atoms with Gasteiger partial charge in [0.1, 0.15) is 13.2 Å². The number of hydrogen-bond donors (Lipinski definition) is 0. The van der Waals surface area contributed by atoms with E-state index in [0.717, 1.165) is 103 Å². The summed E-state index contributed by atoms with van der Waals surface area (Å²) in [7, 11) is 0. The van der Waals surface area contributed by atoms with Crippen LogP contribution in [0, 0.1) is 0 Å². The van der Waals surface area contributed by atoms with Crippen LogP contribution in [0.4, 0.5) is 0 Å². The van der Waals surface area contributed by atoms with Gasteiger partial charge in [0, 0.05) is 19.3 Å². The van der Waals surface area contributed by atoms with E-state index in [2.05, 4.69) is 167 Å². The molecule has 0 aliphatic heterocycles. The summed E-state index contributed by atoms with van der Waals surface area (Å²) in [5.74, 6) is -1.09. The predicted octanol–water partition coefficient (Wildman–Crippen LogP) is 16.9. The van der Waals surface area contributed by atoms with Gasteiger partial charge in [-0.1, -0.05) is 179 Å². The summed E-state index contributed by atoms with van der Waals surface area (Å²) in [5, 5.41) is 0. The summed E-state index contributed by atoms with van der Waals surface area (Å²) in [6.07, 6.45) is 74.1. The molecule has 0 N–H and O–H groups in total. The molecule has 1 atom stereocenters. The van der Waals surface area contributed by atoms with Crippen molar-refractivity contribution in [2.75, 3.05) is 13.2 Å². The van der Waals surface area contributed by atoms with Crippen molar-refractivity contribution in [2.45, 2.75) is 194 Å². The lowest BCUT2D eigenvalue weighted by molar-refractivity contribution is -0.167.